The minimum atomic E-state index is -0.897. The molecule has 0 aliphatic carbocycles. The molecule has 1 aliphatic heterocycles. The first-order valence-electron chi connectivity index (χ1n) is 10.4. The van der Waals surface area contributed by atoms with Gasteiger partial charge in [0.1, 0.15) is 24.6 Å². The number of aliphatic hydroxyl groups excluding tert-OH is 2. The van der Waals surface area contributed by atoms with E-state index in [1.54, 1.807) is 19.1 Å². The lowest BCUT2D eigenvalue weighted by Crippen LogP contribution is -2.37. The van der Waals surface area contributed by atoms with Crippen molar-refractivity contribution >= 4 is 18.0 Å². The van der Waals surface area contributed by atoms with Gasteiger partial charge in [-0.25, -0.2) is 0 Å². The highest BCUT2D eigenvalue weighted by atomic mass is 16.5. The molecule has 0 aromatic carbocycles. The van der Waals surface area contributed by atoms with Crippen LogP contribution in [0.4, 0.5) is 0 Å². The van der Waals surface area contributed by atoms with Gasteiger partial charge >= 0.3 is 5.97 Å². The number of cyclic esters (lactones) is 1. The zero-order chi connectivity index (χ0) is 22.7. The maximum atomic E-state index is 11.8. The zero-order valence-electron chi connectivity index (χ0n) is 18.3. The van der Waals surface area contributed by atoms with Gasteiger partial charge in [-0.15, -0.1) is 0 Å². The molecule has 1 aliphatic rings. The maximum absolute atomic E-state index is 11.8. The molecule has 6 nitrogen and oxygen atoms in total. The predicted molar refractivity (Wildman–Crippen MR) is 116 cm³/mol. The van der Waals surface area contributed by atoms with E-state index in [1.165, 1.54) is 12.2 Å². The molecule has 0 aromatic rings. The molecule has 30 heavy (non-hydrogen) atoms. The molecule has 1 rings (SSSR count). The second-order valence-corrected chi connectivity index (χ2v) is 7.95. The van der Waals surface area contributed by atoms with Gasteiger partial charge in [0.2, 0.25) is 0 Å². The van der Waals surface area contributed by atoms with Gasteiger partial charge in [-0.05, 0) is 39.2 Å². The van der Waals surface area contributed by atoms with Crippen molar-refractivity contribution in [2.75, 3.05) is 0 Å². The third kappa shape index (κ3) is 9.01. The summed E-state index contributed by atoms with van der Waals surface area (Å²) in [6.07, 6.45) is 10.6. The fraction of sp³-hybridized carbons (Fsp3) is 0.542. The van der Waals surface area contributed by atoms with E-state index in [-0.39, 0.29) is 24.2 Å². The van der Waals surface area contributed by atoms with Gasteiger partial charge in [-0.1, -0.05) is 55.4 Å². The van der Waals surface area contributed by atoms with Gasteiger partial charge in [0, 0.05) is 5.92 Å². The Morgan fingerprint density at radius 2 is 1.83 bits per heavy atom. The van der Waals surface area contributed by atoms with Gasteiger partial charge in [0.15, 0.2) is 0 Å². The fourth-order valence-corrected chi connectivity index (χ4v) is 3.08. The Balaban J connectivity index is 2.48. The summed E-state index contributed by atoms with van der Waals surface area (Å²) in [5, 5.41) is 20.0. The van der Waals surface area contributed by atoms with Crippen molar-refractivity contribution in [2.45, 2.75) is 71.7 Å². The van der Waals surface area contributed by atoms with Crippen LogP contribution in [0.5, 0.6) is 0 Å². The Morgan fingerprint density at radius 1 is 1.17 bits per heavy atom. The highest BCUT2D eigenvalue weighted by Gasteiger charge is 2.33. The van der Waals surface area contributed by atoms with Crippen LogP contribution >= 0.6 is 0 Å². The zero-order valence-corrected chi connectivity index (χ0v) is 18.3. The molecular formula is C24H34O6. The number of ketones is 1. The van der Waals surface area contributed by atoms with Crippen LogP contribution in [-0.2, 0) is 19.1 Å². The number of hydrogen-bond donors (Lipinski definition) is 2. The second kappa shape index (κ2) is 13.1. The Labute approximate surface area is 179 Å². The number of rotatable bonds is 11. The van der Waals surface area contributed by atoms with E-state index < -0.39 is 24.1 Å². The number of hydrogen-bond acceptors (Lipinski definition) is 6. The first kappa shape index (κ1) is 25.7. The Hall–Kier alpha value is -2.31. The molecule has 1 fully saturated rings. The number of ether oxygens (including phenoxy) is 1. The Morgan fingerprint density at radius 3 is 2.50 bits per heavy atom. The molecule has 2 N–H and O–H groups in total. The van der Waals surface area contributed by atoms with Crippen LogP contribution in [0.3, 0.4) is 0 Å². The lowest BCUT2D eigenvalue weighted by molar-refractivity contribution is -0.162. The topological polar surface area (TPSA) is 101 Å². The summed E-state index contributed by atoms with van der Waals surface area (Å²) in [5.74, 6) is -1.16. The van der Waals surface area contributed by atoms with Crippen LogP contribution in [-0.4, -0.2) is 46.6 Å². The first-order valence-corrected chi connectivity index (χ1v) is 10.4. The smallest absolute Gasteiger partial charge is 0.313 e. The van der Waals surface area contributed by atoms with Crippen molar-refractivity contribution in [1.29, 1.82) is 0 Å². The summed E-state index contributed by atoms with van der Waals surface area (Å²) in [6.45, 7) is 7.45. The van der Waals surface area contributed by atoms with E-state index in [1.807, 2.05) is 26.8 Å². The van der Waals surface area contributed by atoms with Gasteiger partial charge < -0.3 is 14.9 Å². The van der Waals surface area contributed by atoms with Crippen molar-refractivity contribution in [3.63, 3.8) is 0 Å². The number of aliphatic hydroxyl groups is 2. The molecule has 0 unspecified atom stereocenters. The van der Waals surface area contributed by atoms with Crippen molar-refractivity contribution in [3.05, 3.63) is 47.6 Å². The van der Waals surface area contributed by atoms with E-state index in [0.29, 0.717) is 12.7 Å². The molecular weight excluding hydrogens is 384 g/mol. The SMILES string of the molecule is CC(/C=C/[C@H](O)[C@@H](C)[C@H](O)/C=C/C=O)=C\C/C=C(\C)CC[C@H]1OC(=O)CC(=O)[C@H]1C. The minimum absolute atomic E-state index is 0.0491. The summed E-state index contributed by atoms with van der Waals surface area (Å²) >= 11 is 0. The highest BCUT2D eigenvalue weighted by molar-refractivity contribution is 5.98. The van der Waals surface area contributed by atoms with E-state index >= 15 is 0 Å². The van der Waals surface area contributed by atoms with Crippen LogP contribution in [0.1, 0.15) is 53.4 Å². The van der Waals surface area contributed by atoms with Gasteiger partial charge in [-0.2, -0.15) is 0 Å². The monoisotopic (exact) mass is 418 g/mol. The predicted octanol–water partition coefficient (Wildman–Crippen LogP) is 3.24. The molecule has 1 saturated heterocycles. The number of aldehydes is 1. The average molecular weight is 419 g/mol. The van der Waals surface area contributed by atoms with Crippen LogP contribution in [0.2, 0.25) is 0 Å². The summed E-state index contributed by atoms with van der Waals surface area (Å²) in [6, 6.07) is 0. The molecule has 0 bridgehead atoms. The largest absolute Gasteiger partial charge is 0.461 e. The normalized spacial score (nSPS) is 24.2. The maximum Gasteiger partial charge on any atom is 0.313 e. The molecule has 166 valence electrons. The van der Waals surface area contributed by atoms with Crippen molar-refractivity contribution in [2.24, 2.45) is 11.8 Å². The van der Waals surface area contributed by atoms with E-state index in [4.69, 9.17) is 4.74 Å². The second-order valence-electron chi connectivity index (χ2n) is 7.95. The summed E-state index contributed by atoms with van der Waals surface area (Å²) in [4.78, 5) is 33.5. The number of Topliss-reactive ketones (excluding diaryl/α,β-unsaturated/α-hetero) is 1. The quantitative estimate of drug-likeness (QED) is 0.133. The third-order valence-corrected chi connectivity index (χ3v) is 5.42. The summed E-state index contributed by atoms with van der Waals surface area (Å²) in [7, 11) is 0. The van der Waals surface area contributed by atoms with Crippen molar-refractivity contribution in [3.8, 4) is 0 Å². The molecule has 1 heterocycles. The molecule has 0 saturated carbocycles. The number of esters is 1. The number of allylic oxidation sites excluding steroid dienone is 6. The molecule has 0 radical (unpaired) electrons. The molecule has 6 heteroatoms. The fourth-order valence-electron chi connectivity index (χ4n) is 3.08. The number of carbonyl (C=O) groups excluding carboxylic acids is 3. The minimum Gasteiger partial charge on any atom is -0.461 e. The number of carbonyl (C=O) groups is 3. The Kier molecular flexibility index (Phi) is 11.2. The Bertz CT molecular complexity index is 715. The molecule has 0 amide bonds. The summed E-state index contributed by atoms with van der Waals surface area (Å²) in [5.41, 5.74) is 2.13. The summed E-state index contributed by atoms with van der Waals surface area (Å²) < 4.78 is 5.30. The van der Waals surface area contributed by atoms with Crippen LogP contribution in [0, 0.1) is 11.8 Å². The average Bonchev–Trinajstić information content (AvgIpc) is 2.71. The van der Waals surface area contributed by atoms with Crippen molar-refractivity contribution < 1.29 is 29.3 Å². The molecule has 0 spiro atoms. The van der Waals surface area contributed by atoms with Crippen molar-refractivity contribution in [1.82, 2.24) is 0 Å². The lowest BCUT2D eigenvalue weighted by atomic mass is 9.90. The first-order chi connectivity index (χ1) is 14.1. The molecule has 5 atom stereocenters. The van der Waals surface area contributed by atoms with E-state index in [2.05, 4.69) is 6.08 Å². The van der Waals surface area contributed by atoms with E-state index in [0.717, 1.165) is 24.0 Å². The van der Waals surface area contributed by atoms with Crippen LogP contribution < -0.4 is 0 Å². The van der Waals surface area contributed by atoms with Crippen LogP contribution in [0.15, 0.2) is 47.6 Å². The van der Waals surface area contributed by atoms with Gasteiger partial charge in [0.05, 0.1) is 18.1 Å². The van der Waals surface area contributed by atoms with Crippen LogP contribution in [0.25, 0.3) is 0 Å². The molecule has 0 aromatic heterocycles. The lowest BCUT2D eigenvalue weighted by Gasteiger charge is -2.27. The third-order valence-electron chi connectivity index (χ3n) is 5.42. The standard InChI is InChI=1S/C24H34O6/c1-16(10-12-21(27)18(3)20(26)9-6-14-25)7-5-8-17(2)11-13-23-19(4)22(28)15-24(29)30-23/h6-10,12,14,18-21,23,26-27H,5,11,13,15H2,1-4H3/b9-6+,12-10+,16-7+,17-8+/t18-,19+,20+,21-,23+/m0/s1. The highest BCUT2D eigenvalue weighted by Crippen LogP contribution is 2.23. The van der Waals surface area contributed by atoms with Gasteiger partial charge in [0.25, 0.3) is 0 Å². The van der Waals surface area contributed by atoms with E-state index in [9.17, 15) is 24.6 Å². The van der Waals surface area contributed by atoms with Gasteiger partial charge in [-0.3, -0.25) is 14.4 Å².